The number of hydrogen-bond donors (Lipinski definition) is 1. The number of urea groups is 1. The Hall–Kier alpha value is -1.52. The third-order valence-corrected chi connectivity index (χ3v) is 4.33. The van der Waals surface area contributed by atoms with Crippen LogP contribution in [0.1, 0.15) is 56.1 Å². The molecule has 1 aromatic heterocycles. The van der Waals surface area contributed by atoms with E-state index in [9.17, 15) is 4.79 Å². The van der Waals surface area contributed by atoms with Crippen LogP contribution in [0.5, 0.6) is 0 Å². The van der Waals surface area contributed by atoms with Crippen molar-refractivity contribution in [2.75, 3.05) is 19.6 Å². The normalized spacial score (nSPS) is 22.9. The standard InChI is InChI=1S/C15H24N4O/c1-3-16-15(20)18-8-4-5-13(10-18)19-11(2)9-17-14(19)12-6-7-12/h9,12-13H,3-8,10H2,1-2H3,(H,16,20). The van der Waals surface area contributed by atoms with Gasteiger partial charge in [0.1, 0.15) is 5.82 Å². The minimum Gasteiger partial charge on any atom is -0.338 e. The second kappa shape index (κ2) is 5.46. The molecule has 1 unspecified atom stereocenters. The summed E-state index contributed by atoms with van der Waals surface area (Å²) in [5.41, 5.74) is 1.23. The molecule has 0 spiro atoms. The Balaban J connectivity index is 1.76. The van der Waals surface area contributed by atoms with Gasteiger partial charge in [-0.25, -0.2) is 9.78 Å². The van der Waals surface area contributed by atoms with Gasteiger partial charge in [-0.1, -0.05) is 0 Å². The van der Waals surface area contributed by atoms with Gasteiger partial charge in [0, 0.05) is 37.4 Å². The topological polar surface area (TPSA) is 50.2 Å². The third-order valence-electron chi connectivity index (χ3n) is 4.33. The Morgan fingerprint density at radius 1 is 1.45 bits per heavy atom. The first-order valence-corrected chi connectivity index (χ1v) is 7.77. The fourth-order valence-electron chi connectivity index (χ4n) is 3.20. The van der Waals surface area contributed by atoms with E-state index in [-0.39, 0.29) is 6.03 Å². The molecule has 1 aromatic rings. The fourth-order valence-corrected chi connectivity index (χ4v) is 3.20. The fraction of sp³-hybridized carbons (Fsp3) is 0.733. The summed E-state index contributed by atoms with van der Waals surface area (Å²) in [5, 5.41) is 2.91. The van der Waals surface area contributed by atoms with Crippen molar-refractivity contribution >= 4 is 6.03 Å². The molecule has 5 heteroatoms. The molecule has 2 heterocycles. The van der Waals surface area contributed by atoms with Crippen LogP contribution in [0.3, 0.4) is 0 Å². The molecule has 5 nitrogen and oxygen atoms in total. The average Bonchev–Trinajstić information content (AvgIpc) is 3.22. The summed E-state index contributed by atoms with van der Waals surface area (Å²) in [6.07, 6.45) is 6.74. The lowest BCUT2D eigenvalue weighted by Gasteiger charge is -2.34. The quantitative estimate of drug-likeness (QED) is 0.922. The number of aryl methyl sites for hydroxylation is 1. The van der Waals surface area contributed by atoms with Crippen molar-refractivity contribution in [3.63, 3.8) is 0 Å². The minimum atomic E-state index is 0.0722. The first-order valence-electron chi connectivity index (χ1n) is 7.77. The van der Waals surface area contributed by atoms with Gasteiger partial charge < -0.3 is 14.8 Å². The van der Waals surface area contributed by atoms with Crippen LogP contribution < -0.4 is 5.32 Å². The zero-order valence-electron chi connectivity index (χ0n) is 12.4. The Labute approximate surface area is 120 Å². The van der Waals surface area contributed by atoms with Crippen LogP contribution in [0.25, 0.3) is 0 Å². The van der Waals surface area contributed by atoms with Gasteiger partial charge >= 0.3 is 6.03 Å². The van der Waals surface area contributed by atoms with Gasteiger partial charge in [-0.3, -0.25) is 0 Å². The lowest BCUT2D eigenvalue weighted by molar-refractivity contribution is 0.166. The number of carbonyl (C=O) groups excluding carboxylic acids is 1. The number of piperidine rings is 1. The molecule has 1 aliphatic carbocycles. The van der Waals surface area contributed by atoms with E-state index in [1.807, 2.05) is 18.0 Å². The maximum absolute atomic E-state index is 12.0. The Bertz CT molecular complexity index is 492. The van der Waals surface area contributed by atoms with Gasteiger partial charge in [-0.15, -0.1) is 0 Å². The van der Waals surface area contributed by atoms with Gasteiger partial charge in [0.25, 0.3) is 0 Å². The van der Waals surface area contributed by atoms with Gasteiger partial charge in [-0.05, 0) is 39.5 Å². The monoisotopic (exact) mass is 276 g/mol. The Kier molecular flexibility index (Phi) is 3.68. The van der Waals surface area contributed by atoms with Crippen LogP contribution in [0, 0.1) is 6.92 Å². The number of imidazole rings is 1. The third kappa shape index (κ3) is 2.53. The van der Waals surface area contributed by atoms with Gasteiger partial charge in [0.05, 0.1) is 6.04 Å². The lowest BCUT2D eigenvalue weighted by atomic mass is 10.1. The number of likely N-dealkylation sites (tertiary alicyclic amines) is 1. The van der Waals surface area contributed by atoms with Crippen LogP contribution in [0.15, 0.2) is 6.20 Å². The highest BCUT2D eigenvalue weighted by molar-refractivity contribution is 5.74. The maximum Gasteiger partial charge on any atom is 0.317 e. The van der Waals surface area contributed by atoms with Crippen molar-refractivity contribution in [1.82, 2.24) is 19.8 Å². The molecule has 1 saturated heterocycles. The predicted molar refractivity (Wildman–Crippen MR) is 77.9 cm³/mol. The van der Waals surface area contributed by atoms with E-state index in [2.05, 4.69) is 21.8 Å². The molecule has 1 saturated carbocycles. The van der Waals surface area contributed by atoms with Crippen LogP contribution in [0.4, 0.5) is 4.79 Å². The zero-order chi connectivity index (χ0) is 14.1. The molecule has 2 aliphatic rings. The lowest BCUT2D eigenvalue weighted by Crippen LogP contribution is -2.46. The van der Waals surface area contributed by atoms with Crippen molar-refractivity contribution in [1.29, 1.82) is 0 Å². The number of nitrogens with one attached hydrogen (secondary N) is 1. The second-order valence-electron chi connectivity index (χ2n) is 5.98. The highest BCUT2D eigenvalue weighted by atomic mass is 16.2. The van der Waals surface area contributed by atoms with Crippen molar-refractivity contribution in [2.24, 2.45) is 0 Å². The zero-order valence-corrected chi connectivity index (χ0v) is 12.4. The van der Waals surface area contributed by atoms with E-state index < -0.39 is 0 Å². The van der Waals surface area contributed by atoms with Gasteiger partial charge in [-0.2, -0.15) is 0 Å². The van der Waals surface area contributed by atoms with E-state index in [4.69, 9.17) is 0 Å². The largest absolute Gasteiger partial charge is 0.338 e. The van der Waals surface area contributed by atoms with Crippen molar-refractivity contribution < 1.29 is 4.79 Å². The van der Waals surface area contributed by atoms with E-state index in [1.165, 1.54) is 24.4 Å². The van der Waals surface area contributed by atoms with Crippen LogP contribution in [0.2, 0.25) is 0 Å². The summed E-state index contributed by atoms with van der Waals surface area (Å²) in [4.78, 5) is 18.6. The van der Waals surface area contributed by atoms with Crippen LogP contribution >= 0.6 is 0 Å². The van der Waals surface area contributed by atoms with Crippen LogP contribution in [-0.4, -0.2) is 40.1 Å². The summed E-state index contributed by atoms with van der Waals surface area (Å²) >= 11 is 0. The van der Waals surface area contributed by atoms with Gasteiger partial charge in [0.2, 0.25) is 0 Å². The summed E-state index contributed by atoms with van der Waals surface area (Å²) in [6, 6.07) is 0.465. The van der Waals surface area contributed by atoms with E-state index in [0.29, 0.717) is 18.5 Å². The Morgan fingerprint density at radius 3 is 2.95 bits per heavy atom. The number of amides is 2. The molecule has 20 heavy (non-hydrogen) atoms. The molecule has 2 amide bonds. The SMILES string of the molecule is CCNC(=O)N1CCCC(n2c(C)cnc2C2CC2)C1. The average molecular weight is 276 g/mol. The molecule has 0 radical (unpaired) electrons. The molecular formula is C15H24N4O. The maximum atomic E-state index is 12.0. The second-order valence-corrected chi connectivity index (χ2v) is 5.98. The Morgan fingerprint density at radius 2 is 2.25 bits per heavy atom. The summed E-state index contributed by atoms with van der Waals surface area (Å²) in [6.45, 7) is 6.46. The summed E-state index contributed by atoms with van der Waals surface area (Å²) < 4.78 is 2.39. The number of carbonyl (C=O) groups is 1. The van der Waals surface area contributed by atoms with Gasteiger partial charge in [0.15, 0.2) is 0 Å². The summed E-state index contributed by atoms with van der Waals surface area (Å²) in [7, 11) is 0. The van der Waals surface area contributed by atoms with Crippen molar-refractivity contribution in [2.45, 2.75) is 51.5 Å². The molecule has 1 atom stereocenters. The number of rotatable bonds is 3. The highest BCUT2D eigenvalue weighted by Gasteiger charge is 2.33. The first-order chi connectivity index (χ1) is 9.70. The molecule has 110 valence electrons. The van der Waals surface area contributed by atoms with E-state index in [1.54, 1.807) is 0 Å². The molecule has 3 rings (SSSR count). The van der Waals surface area contributed by atoms with E-state index >= 15 is 0 Å². The van der Waals surface area contributed by atoms with Crippen molar-refractivity contribution in [3.05, 3.63) is 17.7 Å². The molecule has 2 fully saturated rings. The smallest absolute Gasteiger partial charge is 0.317 e. The molecule has 1 aliphatic heterocycles. The molecule has 0 bridgehead atoms. The summed E-state index contributed by atoms with van der Waals surface area (Å²) in [5.74, 6) is 1.90. The van der Waals surface area contributed by atoms with Crippen molar-refractivity contribution in [3.8, 4) is 0 Å². The first kappa shape index (κ1) is 13.5. The number of aromatic nitrogens is 2. The molecule has 0 aromatic carbocycles. The molecular weight excluding hydrogens is 252 g/mol. The minimum absolute atomic E-state index is 0.0722. The van der Waals surface area contributed by atoms with Crippen LogP contribution in [-0.2, 0) is 0 Å². The number of hydrogen-bond acceptors (Lipinski definition) is 2. The highest BCUT2D eigenvalue weighted by Crippen LogP contribution is 2.41. The molecule has 1 N–H and O–H groups in total. The number of nitrogens with zero attached hydrogens (tertiary/aromatic N) is 3. The predicted octanol–water partition coefficient (Wildman–Crippen LogP) is 2.44. The van der Waals surface area contributed by atoms with E-state index in [0.717, 1.165) is 25.9 Å².